The van der Waals surface area contributed by atoms with Gasteiger partial charge in [-0.25, -0.2) is 11.7 Å². The van der Waals surface area contributed by atoms with Crippen molar-refractivity contribution in [3.05, 3.63) is 71.8 Å². The van der Waals surface area contributed by atoms with Crippen LogP contribution in [0.4, 0.5) is 0 Å². The van der Waals surface area contributed by atoms with E-state index < -0.39 is 131 Å². The third kappa shape index (κ3) is 18.7. The Bertz CT molecular complexity index is 2390. The quantitative estimate of drug-likeness (QED) is 0.0885. The number of nitrogens with two attached hydrogens (primary N) is 4. The fraction of sp³-hybridized carbons (Fsp3) is 0.645. The maximum atomic E-state index is 15.0. The maximum Gasteiger partial charge on any atom is 0.260 e. The van der Waals surface area contributed by atoms with Crippen LogP contribution in [-0.4, -0.2) is 153 Å². The summed E-state index contributed by atoms with van der Waals surface area (Å²) >= 11 is 0. The van der Waals surface area contributed by atoms with Crippen LogP contribution >= 0.6 is 0 Å². The molecule has 0 aromatic heterocycles. The average molecular weight is 1170 g/mol. The second kappa shape index (κ2) is 32.6. The summed E-state index contributed by atoms with van der Waals surface area (Å²) in [6.45, 7) is 15.0. The SMILES string of the molecule is CC(C)C[C@@H]1CC(=O)[C@H](CCCN)N(N)C(=O)[C@H](C(C)C)CC(=O)[C@@H]2CCCN2C(=O)[C@@H](Cc2ccccc2)NC(=O)[C@H](CC(C)C)NC(=O)[C@H](CCCN)N(N)C(=O)[C@H](C(C)C)NC(=O)[C@@H]2CCCN2C(=O)[C@@H](Cc2ccccc2)NC1=O. The first kappa shape index (κ1) is 68.2. The van der Waals surface area contributed by atoms with Crippen molar-refractivity contribution in [1.82, 2.24) is 41.1 Å². The second-order valence-corrected chi connectivity index (χ2v) is 24.7. The van der Waals surface area contributed by atoms with Crippen LogP contribution in [0, 0.1) is 35.5 Å². The van der Waals surface area contributed by atoms with E-state index in [4.69, 9.17) is 23.2 Å². The molecular formula is C62H96N12O10. The Kier molecular flexibility index (Phi) is 26.5. The molecule has 2 aromatic rings. The Hall–Kier alpha value is -6.62. The molecule has 3 saturated heterocycles. The van der Waals surface area contributed by atoms with Crippen molar-refractivity contribution in [3.63, 3.8) is 0 Å². The van der Waals surface area contributed by atoms with Gasteiger partial charge < -0.3 is 42.5 Å². The molecule has 8 amide bonds. The van der Waals surface area contributed by atoms with E-state index in [9.17, 15) is 43.2 Å². The molecule has 84 heavy (non-hydrogen) atoms. The highest BCUT2D eigenvalue weighted by atomic mass is 16.2. The summed E-state index contributed by atoms with van der Waals surface area (Å²) in [7, 11) is 0. The minimum atomic E-state index is -1.38. The van der Waals surface area contributed by atoms with E-state index in [0.29, 0.717) is 24.0 Å². The molecule has 0 saturated carbocycles. The third-order valence-electron chi connectivity index (χ3n) is 16.4. The second-order valence-electron chi connectivity index (χ2n) is 24.7. The van der Waals surface area contributed by atoms with Crippen molar-refractivity contribution >= 4 is 58.8 Å². The molecule has 3 aliphatic rings. The van der Waals surface area contributed by atoms with Crippen molar-refractivity contribution in [3.8, 4) is 0 Å². The van der Waals surface area contributed by atoms with Crippen molar-refractivity contribution in [2.45, 2.75) is 194 Å². The third-order valence-corrected chi connectivity index (χ3v) is 16.4. The van der Waals surface area contributed by atoms with Gasteiger partial charge in [-0.05, 0) is 112 Å². The number of hydrazine groups is 2. The lowest BCUT2D eigenvalue weighted by Crippen LogP contribution is -2.63. The highest BCUT2D eigenvalue weighted by molar-refractivity contribution is 6.00. The average Bonchev–Trinajstić information content (AvgIpc) is 4.36. The number of carbonyl (C=O) groups is 10. The van der Waals surface area contributed by atoms with Gasteiger partial charge in [0, 0.05) is 50.6 Å². The van der Waals surface area contributed by atoms with E-state index in [0.717, 1.165) is 10.0 Å². The van der Waals surface area contributed by atoms with E-state index in [-0.39, 0.29) is 115 Å². The van der Waals surface area contributed by atoms with E-state index in [2.05, 4.69) is 21.3 Å². The zero-order valence-corrected chi connectivity index (χ0v) is 50.8. The highest BCUT2D eigenvalue weighted by Crippen LogP contribution is 2.29. The Morgan fingerprint density at radius 2 is 0.964 bits per heavy atom. The van der Waals surface area contributed by atoms with Crippen LogP contribution in [0.5, 0.6) is 0 Å². The van der Waals surface area contributed by atoms with E-state index in [1.54, 1.807) is 76.2 Å². The van der Waals surface area contributed by atoms with E-state index in [1.165, 1.54) is 9.80 Å². The summed E-state index contributed by atoms with van der Waals surface area (Å²) in [4.78, 5) is 150. The van der Waals surface area contributed by atoms with Gasteiger partial charge in [-0.2, -0.15) is 0 Å². The number of hydrogen-bond donors (Lipinski definition) is 8. The molecule has 0 spiro atoms. The van der Waals surface area contributed by atoms with Crippen LogP contribution in [0.1, 0.15) is 144 Å². The molecule has 2 aromatic carbocycles. The number of carbonyl (C=O) groups excluding carboxylic acids is 10. The first-order valence-corrected chi connectivity index (χ1v) is 30.4. The molecule has 3 fully saturated rings. The largest absolute Gasteiger partial charge is 0.344 e. The summed E-state index contributed by atoms with van der Waals surface area (Å²) in [6.07, 6.45) is 1.61. The summed E-state index contributed by atoms with van der Waals surface area (Å²) in [6, 6.07) is 8.36. The number of nitrogens with zero attached hydrogens (tertiary/aromatic N) is 4. The van der Waals surface area contributed by atoms with Crippen LogP contribution in [0.3, 0.4) is 0 Å². The first-order chi connectivity index (χ1) is 39.9. The topological polar surface area (TPSA) is 336 Å². The zero-order chi connectivity index (χ0) is 61.9. The summed E-state index contributed by atoms with van der Waals surface area (Å²) in [5.41, 5.74) is 13.3. The lowest BCUT2D eigenvalue weighted by molar-refractivity contribution is -0.148. The van der Waals surface area contributed by atoms with Gasteiger partial charge in [-0.1, -0.05) is 116 Å². The number of fused-ring (bicyclic) bond motifs is 2. The lowest BCUT2D eigenvalue weighted by atomic mass is 9.85. The Balaban J connectivity index is 1.62. The van der Waals surface area contributed by atoms with E-state index in [1.807, 2.05) is 39.8 Å². The normalized spacial score (nSPS) is 26.7. The highest BCUT2D eigenvalue weighted by Gasteiger charge is 2.45. The molecule has 5 rings (SSSR count). The van der Waals surface area contributed by atoms with E-state index >= 15 is 4.79 Å². The molecule has 0 unspecified atom stereocenters. The Labute approximate surface area is 496 Å². The summed E-state index contributed by atoms with van der Waals surface area (Å²) in [5.74, 6) is 3.78. The van der Waals surface area contributed by atoms with Gasteiger partial charge in [-0.15, -0.1) is 0 Å². The van der Waals surface area contributed by atoms with Crippen molar-refractivity contribution in [1.29, 1.82) is 0 Å². The molecule has 3 aliphatic heterocycles. The van der Waals surface area contributed by atoms with Crippen LogP contribution in [-0.2, 0) is 60.8 Å². The van der Waals surface area contributed by atoms with Crippen LogP contribution in [0.2, 0.25) is 0 Å². The molecule has 0 bridgehead atoms. The maximum absolute atomic E-state index is 15.0. The number of benzene rings is 2. The number of ketones is 2. The predicted octanol–water partition coefficient (Wildman–Crippen LogP) is 2.58. The van der Waals surface area contributed by atoms with Gasteiger partial charge in [0.15, 0.2) is 11.6 Å². The lowest BCUT2D eigenvalue weighted by Gasteiger charge is -2.35. The molecule has 22 nitrogen and oxygen atoms in total. The fourth-order valence-electron chi connectivity index (χ4n) is 11.8. The molecule has 10 atom stereocenters. The number of rotatable bonds is 16. The van der Waals surface area contributed by atoms with Gasteiger partial charge in [0.1, 0.15) is 42.3 Å². The first-order valence-electron chi connectivity index (χ1n) is 30.4. The molecule has 3 heterocycles. The molecule has 12 N–H and O–H groups in total. The van der Waals surface area contributed by atoms with Crippen molar-refractivity contribution in [2.24, 2.45) is 58.7 Å². The summed E-state index contributed by atoms with van der Waals surface area (Å²) < 4.78 is 0. The van der Waals surface area contributed by atoms with Gasteiger partial charge in [0.05, 0.1) is 6.04 Å². The van der Waals surface area contributed by atoms with Crippen LogP contribution < -0.4 is 44.4 Å². The Morgan fingerprint density at radius 1 is 0.488 bits per heavy atom. The number of amides is 8. The minimum Gasteiger partial charge on any atom is -0.344 e. The fourth-order valence-corrected chi connectivity index (χ4v) is 11.8. The molecule has 464 valence electrons. The number of nitrogens with one attached hydrogen (secondary N) is 4. The predicted molar refractivity (Wildman–Crippen MR) is 319 cm³/mol. The minimum absolute atomic E-state index is 0.0197. The molecule has 22 heteroatoms. The molecule has 0 radical (unpaired) electrons. The van der Waals surface area contributed by atoms with Crippen LogP contribution in [0.15, 0.2) is 60.7 Å². The standard InChI is InChI=1S/C62H96N12O10/c1-37(2)31-43-35-52(75)49(23-15-27-63)73(65)59(81)44(39(5)6)36-53(76)48-25-17-29-71(48)60(82)47(34-42-21-13-10-14-22-42)69-56(78)45(32-38(3)4)67-58(80)51(24-16-28-64)74(66)62(84)54(40(7)8)70-57(79)50-26-18-30-72(50)61(83)46(68-55(43)77)33-41-19-11-9-12-20-41/h9-14,19-22,37-40,43-51,54H,15-18,23-36,63-66H2,1-8H3,(H,67,80)(H,68,77)(H,69,78)(H,70,79)/t43-,44+,45+,46-,47-,48+,49+,50+,51+,54+/m1/s1. The number of Topliss-reactive ketones (excluding diaryl/α,β-unsaturated/α-hetero) is 2. The molecular weight excluding hydrogens is 1070 g/mol. The zero-order valence-electron chi connectivity index (χ0n) is 50.8. The van der Waals surface area contributed by atoms with Crippen molar-refractivity contribution < 1.29 is 47.9 Å². The summed E-state index contributed by atoms with van der Waals surface area (Å²) in [5, 5.41) is 13.2. The number of hydrogen-bond acceptors (Lipinski definition) is 14. The van der Waals surface area contributed by atoms with Gasteiger partial charge in [0.2, 0.25) is 41.4 Å². The van der Waals surface area contributed by atoms with Crippen molar-refractivity contribution in [2.75, 3.05) is 26.2 Å². The monoisotopic (exact) mass is 1170 g/mol. The van der Waals surface area contributed by atoms with Gasteiger partial charge >= 0.3 is 0 Å². The van der Waals surface area contributed by atoms with Crippen LogP contribution in [0.25, 0.3) is 0 Å². The Morgan fingerprint density at radius 3 is 1.46 bits per heavy atom. The van der Waals surface area contributed by atoms with Gasteiger partial charge in [0.25, 0.3) is 5.91 Å². The van der Waals surface area contributed by atoms with Gasteiger partial charge in [-0.3, -0.25) is 58.0 Å². The smallest absolute Gasteiger partial charge is 0.260 e. The molecule has 0 aliphatic carbocycles.